The third kappa shape index (κ3) is 5.57. The van der Waals surface area contributed by atoms with Crippen molar-refractivity contribution in [3.05, 3.63) is 89.2 Å². The van der Waals surface area contributed by atoms with Gasteiger partial charge < -0.3 is 20.1 Å². The van der Waals surface area contributed by atoms with Gasteiger partial charge in [-0.25, -0.2) is 0 Å². The Morgan fingerprint density at radius 1 is 0.645 bits per heavy atom. The first kappa shape index (κ1) is 21.2. The van der Waals surface area contributed by atoms with Crippen LogP contribution in [0, 0.1) is 0 Å². The number of ether oxygens (including phenoxy) is 2. The van der Waals surface area contributed by atoms with Gasteiger partial charge in [0.05, 0.1) is 22.5 Å². The zero-order valence-corrected chi connectivity index (χ0v) is 18.6. The number of pyridine rings is 1. The van der Waals surface area contributed by atoms with Crippen LogP contribution in [0.2, 0.25) is 0 Å². The van der Waals surface area contributed by atoms with Crippen LogP contribution >= 0.6 is 24.4 Å². The Morgan fingerprint density at radius 3 is 1.65 bits per heavy atom. The van der Waals surface area contributed by atoms with Gasteiger partial charge >= 0.3 is 0 Å². The molecular weight excluding hydrogens is 426 g/mol. The average molecular weight is 450 g/mol. The monoisotopic (exact) mass is 449 g/mol. The second kappa shape index (κ2) is 10.3. The molecule has 0 atom stereocenters. The van der Waals surface area contributed by atoms with E-state index in [0.717, 1.165) is 53.5 Å². The minimum atomic E-state index is 0.345. The van der Waals surface area contributed by atoms with Gasteiger partial charge in [-0.1, -0.05) is 54.8 Å². The predicted molar refractivity (Wildman–Crippen MR) is 130 cm³/mol. The number of fused-ring (bicyclic) bond motifs is 4. The molecule has 0 radical (unpaired) electrons. The van der Waals surface area contributed by atoms with Crippen molar-refractivity contribution in [3.63, 3.8) is 0 Å². The van der Waals surface area contributed by atoms with Gasteiger partial charge in [0.1, 0.15) is 34.7 Å². The lowest BCUT2D eigenvalue weighted by Gasteiger charge is -2.16. The Morgan fingerprint density at radius 2 is 1.13 bits per heavy atom. The van der Waals surface area contributed by atoms with Crippen LogP contribution in [0.4, 0.5) is 0 Å². The zero-order valence-electron chi connectivity index (χ0n) is 17.0. The Labute approximate surface area is 192 Å². The van der Waals surface area contributed by atoms with Crippen LogP contribution in [-0.4, -0.2) is 28.1 Å². The number of aromatic nitrogens is 1. The van der Waals surface area contributed by atoms with E-state index in [1.807, 2.05) is 66.7 Å². The number of rotatable bonds is 0. The summed E-state index contributed by atoms with van der Waals surface area (Å²) in [6.45, 7) is 2.14. The first-order valence-corrected chi connectivity index (χ1v) is 11.0. The van der Waals surface area contributed by atoms with E-state index in [1.165, 1.54) is 0 Å². The number of hydrogen-bond acceptors (Lipinski definition) is 5. The van der Waals surface area contributed by atoms with Crippen LogP contribution in [-0.2, 0) is 13.2 Å². The first-order chi connectivity index (χ1) is 15.2. The molecule has 158 valence electrons. The smallest absolute Gasteiger partial charge is 0.130 e. The summed E-state index contributed by atoms with van der Waals surface area (Å²) in [5.74, 6) is 1.47. The van der Waals surface area contributed by atoms with Gasteiger partial charge in [-0.05, 0) is 42.8 Å². The normalized spacial score (nSPS) is 15.0. The van der Waals surface area contributed by atoms with Crippen molar-refractivity contribution in [1.82, 2.24) is 15.6 Å². The van der Waals surface area contributed by atoms with Crippen LogP contribution in [0.25, 0.3) is 0 Å². The van der Waals surface area contributed by atoms with Gasteiger partial charge in [-0.2, -0.15) is 0 Å². The van der Waals surface area contributed by atoms with E-state index in [1.54, 1.807) is 0 Å². The van der Waals surface area contributed by atoms with Crippen molar-refractivity contribution in [1.29, 1.82) is 0 Å². The zero-order chi connectivity index (χ0) is 21.5. The van der Waals surface area contributed by atoms with Crippen LogP contribution < -0.4 is 20.1 Å². The standard InChI is InChI=1S/C24H23N3O2S2/c30-23-19-9-1-3-11-21(19)28-15-17-7-5-8-18(27-17)16-29-22-12-4-2-10-20(22)24(31)26-14-6-13-25-23/h1-5,7-12H,6,13-16H2,(H,25,30)(H,26,31). The van der Waals surface area contributed by atoms with Crippen molar-refractivity contribution in [2.45, 2.75) is 19.6 Å². The van der Waals surface area contributed by atoms with Gasteiger partial charge in [-0.15, -0.1) is 0 Å². The van der Waals surface area contributed by atoms with E-state index >= 15 is 0 Å². The molecule has 3 aromatic rings. The summed E-state index contributed by atoms with van der Waals surface area (Å²) in [4.78, 5) is 6.01. The second-order valence-corrected chi connectivity index (χ2v) is 7.87. The van der Waals surface area contributed by atoms with Crippen LogP contribution in [0.3, 0.4) is 0 Å². The van der Waals surface area contributed by atoms with Crippen molar-refractivity contribution < 1.29 is 9.47 Å². The van der Waals surface area contributed by atoms with Gasteiger partial charge in [0.15, 0.2) is 0 Å². The third-order valence-corrected chi connectivity index (χ3v) is 5.53. The van der Waals surface area contributed by atoms with E-state index in [2.05, 4.69) is 15.6 Å². The highest BCUT2D eigenvalue weighted by Gasteiger charge is 2.12. The van der Waals surface area contributed by atoms with E-state index < -0.39 is 0 Å². The maximum atomic E-state index is 6.05. The number of thiocarbonyl (C=S) groups is 2. The van der Waals surface area contributed by atoms with Crippen molar-refractivity contribution in [2.75, 3.05) is 13.1 Å². The van der Waals surface area contributed by atoms with Gasteiger partial charge in [0, 0.05) is 13.1 Å². The summed E-state index contributed by atoms with van der Waals surface area (Å²) in [6.07, 6.45) is 0.862. The summed E-state index contributed by atoms with van der Waals surface area (Å²) >= 11 is 11.2. The molecule has 2 N–H and O–H groups in total. The van der Waals surface area contributed by atoms with Crippen molar-refractivity contribution in [2.24, 2.45) is 0 Å². The fourth-order valence-electron chi connectivity index (χ4n) is 3.24. The van der Waals surface area contributed by atoms with Gasteiger partial charge in [0.25, 0.3) is 0 Å². The lowest BCUT2D eigenvalue weighted by atomic mass is 10.2. The minimum absolute atomic E-state index is 0.345. The third-order valence-electron chi connectivity index (χ3n) is 4.80. The summed E-state index contributed by atoms with van der Waals surface area (Å²) in [5.41, 5.74) is 3.38. The topological polar surface area (TPSA) is 55.4 Å². The average Bonchev–Trinajstić information content (AvgIpc) is 2.81. The lowest BCUT2D eigenvalue weighted by Crippen LogP contribution is -2.29. The van der Waals surface area contributed by atoms with E-state index in [0.29, 0.717) is 23.2 Å². The van der Waals surface area contributed by atoms with Crippen LogP contribution in [0.5, 0.6) is 11.5 Å². The highest BCUT2D eigenvalue weighted by Crippen LogP contribution is 2.21. The highest BCUT2D eigenvalue weighted by molar-refractivity contribution is 7.81. The Bertz CT molecular complexity index is 1010. The molecule has 0 saturated carbocycles. The maximum Gasteiger partial charge on any atom is 0.130 e. The molecular formula is C24H23N3O2S2. The number of benzene rings is 2. The fourth-order valence-corrected chi connectivity index (χ4v) is 3.78. The second-order valence-electron chi connectivity index (χ2n) is 7.06. The van der Waals surface area contributed by atoms with E-state index in [-0.39, 0.29) is 0 Å². The lowest BCUT2D eigenvalue weighted by molar-refractivity contribution is 0.289. The Hall–Kier alpha value is -3.03. The quantitative estimate of drug-likeness (QED) is 0.500. The Balaban J connectivity index is 1.59. The van der Waals surface area contributed by atoms with Gasteiger partial charge in [0.2, 0.25) is 0 Å². The SMILES string of the molecule is S=C1NCCCNC(=S)c2ccccc2OCc2cccc(n2)COc2ccccc21. The predicted octanol–water partition coefficient (Wildman–Crippen LogP) is 4.17. The number of hydrogen-bond donors (Lipinski definition) is 2. The maximum absolute atomic E-state index is 6.05. The molecule has 0 fully saturated rings. The van der Waals surface area contributed by atoms with Crippen LogP contribution in [0.1, 0.15) is 28.9 Å². The van der Waals surface area contributed by atoms with E-state index in [4.69, 9.17) is 33.9 Å². The van der Waals surface area contributed by atoms with Crippen molar-refractivity contribution >= 4 is 34.4 Å². The number of para-hydroxylation sites is 2. The molecule has 1 aliphatic heterocycles. The van der Waals surface area contributed by atoms with E-state index in [9.17, 15) is 0 Å². The molecule has 0 aliphatic carbocycles. The molecule has 0 unspecified atom stereocenters. The molecule has 4 rings (SSSR count). The molecule has 0 spiro atoms. The molecule has 31 heavy (non-hydrogen) atoms. The number of nitrogens with zero attached hydrogens (tertiary/aromatic N) is 1. The summed E-state index contributed by atoms with van der Waals surface area (Å²) < 4.78 is 12.1. The summed E-state index contributed by atoms with van der Waals surface area (Å²) in [7, 11) is 0. The molecule has 2 heterocycles. The van der Waals surface area contributed by atoms with Crippen LogP contribution in [0.15, 0.2) is 66.7 Å². The summed E-state index contributed by atoms with van der Waals surface area (Å²) in [5, 5.41) is 6.62. The largest absolute Gasteiger partial charge is 0.487 e. The highest BCUT2D eigenvalue weighted by atomic mass is 32.1. The molecule has 1 aliphatic rings. The molecule has 7 heteroatoms. The summed E-state index contributed by atoms with van der Waals surface area (Å²) in [6, 6.07) is 21.4. The molecule has 0 saturated heterocycles. The van der Waals surface area contributed by atoms with Gasteiger partial charge in [-0.3, -0.25) is 4.98 Å². The molecule has 5 nitrogen and oxygen atoms in total. The molecule has 1 aromatic heterocycles. The molecule has 2 bridgehead atoms. The first-order valence-electron chi connectivity index (χ1n) is 10.2. The molecule has 0 amide bonds. The molecule has 2 aromatic carbocycles. The van der Waals surface area contributed by atoms with Crippen molar-refractivity contribution in [3.8, 4) is 11.5 Å². The minimum Gasteiger partial charge on any atom is -0.487 e. The Kier molecular flexibility index (Phi) is 7.07. The fraction of sp³-hybridized carbons (Fsp3) is 0.208. The number of nitrogens with one attached hydrogen (secondary N) is 2.